The summed E-state index contributed by atoms with van der Waals surface area (Å²) >= 11 is 0. The molecule has 0 aromatic carbocycles. The van der Waals surface area contributed by atoms with E-state index < -0.39 is 24.1 Å². The molecule has 1 rings (SSSR count). The second-order valence-corrected chi connectivity index (χ2v) is 5.63. The van der Waals surface area contributed by atoms with Gasteiger partial charge in [-0.25, -0.2) is 9.59 Å². The van der Waals surface area contributed by atoms with Gasteiger partial charge in [-0.2, -0.15) is 0 Å². The van der Waals surface area contributed by atoms with Gasteiger partial charge in [-0.3, -0.25) is 0 Å². The van der Waals surface area contributed by atoms with Gasteiger partial charge in [-0.15, -0.1) is 0 Å². The molecule has 1 aliphatic rings. The van der Waals surface area contributed by atoms with Crippen LogP contribution in [0.5, 0.6) is 0 Å². The van der Waals surface area contributed by atoms with E-state index in [1.54, 1.807) is 0 Å². The smallest absolute Gasteiger partial charge is 0.326 e. The number of carbonyl (C=O) groups is 2. The molecule has 1 heterocycles. The van der Waals surface area contributed by atoms with Crippen molar-refractivity contribution in [2.45, 2.75) is 45.4 Å². The van der Waals surface area contributed by atoms with E-state index in [1.165, 1.54) is 4.90 Å². The van der Waals surface area contributed by atoms with E-state index in [9.17, 15) is 9.59 Å². The van der Waals surface area contributed by atoms with Crippen LogP contribution in [-0.4, -0.2) is 65.1 Å². The van der Waals surface area contributed by atoms with Gasteiger partial charge in [0.2, 0.25) is 0 Å². The van der Waals surface area contributed by atoms with E-state index >= 15 is 0 Å². The number of ether oxygens (including phenoxy) is 1. The second kappa shape index (κ2) is 7.44. The Morgan fingerprint density at radius 1 is 1.40 bits per heavy atom. The van der Waals surface area contributed by atoms with E-state index in [4.69, 9.17) is 14.9 Å². The zero-order chi connectivity index (χ0) is 15.3. The lowest BCUT2D eigenvalue weighted by Gasteiger charge is -2.36. The van der Waals surface area contributed by atoms with E-state index in [1.807, 2.05) is 20.8 Å². The largest absolute Gasteiger partial charge is 0.480 e. The fourth-order valence-electron chi connectivity index (χ4n) is 2.25. The number of carboxylic acid groups (broad SMARTS) is 1. The lowest BCUT2D eigenvalue weighted by Crippen LogP contribution is -2.56. The van der Waals surface area contributed by atoms with Gasteiger partial charge in [0.15, 0.2) is 0 Å². The summed E-state index contributed by atoms with van der Waals surface area (Å²) in [6.45, 7) is 6.10. The molecule has 3 atom stereocenters. The standard InChI is InChI=1S/C13H24N2O5/c1-8(2)4-11(12(17)18)14-13(19)15-5-9(3)20-10(6-15)7-16/h8-11,16H,4-7H2,1-3H3,(H,14,19)(H,17,18)/t9?,10?,11-/m0/s1. The third-order valence-corrected chi connectivity index (χ3v) is 3.12. The van der Waals surface area contributed by atoms with E-state index in [0.29, 0.717) is 13.0 Å². The summed E-state index contributed by atoms with van der Waals surface area (Å²) in [5.74, 6) is -0.864. The molecule has 0 spiro atoms. The van der Waals surface area contributed by atoms with Gasteiger partial charge >= 0.3 is 12.0 Å². The van der Waals surface area contributed by atoms with Crippen LogP contribution in [0, 0.1) is 5.92 Å². The highest BCUT2D eigenvalue weighted by Gasteiger charge is 2.30. The molecule has 116 valence electrons. The molecule has 3 N–H and O–H groups in total. The molecule has 0 radical (unpaired) electrons. The van der Waals surface area contributed by atoms with Gasteiger partial charge in [0, 0.05) is 6.54 Å². The summed E-state index contributed by atoms with van der Waals surface area (Å²) < 4.78 is 5.44. The maximum atomic E-state index is 12.1. The molecule has 0 aromatic rings. The van der Waals surface area contributed by atoms with Crippen molar-refractivity contribution in [1.29, 1.82) is 0 Å². The molecule has 7 nitrogen and oxygen atoms in total. The molecule has 0 saturated carbocycles. The Labute approximate surface area is 118 Å². The zero-order valence-corrected chi connectivity index (χ0v) is 12.2. The van der Waals surface area contributed by atoms with Crippen molar-refractivity contribution in [2.75, 3.05) is 19.7 Å². The highest BCUT2D eigenvalue weighted by Crippen LogP contribution is 2.12. The van der Waals surface area contributed by atoms with Crippen LogP contribution < -0.4 is 5.32 Å². The Morgan fingerprint density at radius 3 is 2.55 bits per heavy atom. The van der Waals surface area contributed by atoms with Crippen molar-refractivity contribution in [2.24, 2.45) is 5.92 Å². The fraction of sp³-hybridized carbons (Fsp3) is 0.846. The molecule has 1 fully saturated rings. The highest BCUT2D eigenvalue weighted by atomic mass is 16.5. The summed E-state index contributed by atoms with van der Waals surface area (Å²) in [6, 6.07) is -1.32. The molecule has 0 bridgehead atoms. The number of carboxylic acids is 1. The van der Waals surface area contributed by atoms with Crippen LogP contribution >= 0.6 is 0 Å². The van der Waals surface area contributed by atoms with Gasteiger partial charge in [0.1, 0.15) is 6.04 Å². The normalized spacial score (nSPS) is 24.6. The Balaban J connectivity index is 2.61. The molecule has 0 aliphatic carbocycles. The molecular formula is C13H24N2O5. The van der Waals surface area contributed by atoms with Crippen molar-refractivity contribution in [3.8, 4) is 0 Å². The van der Waals surface area contributed by atoms with E-state index in [-0.39, 0.29) is 25.2 Å². The third kappa shape index (κ3) is 4.97. The SMILES string of the molecule is CC(C)C[C@H](NC(=O)N1CC(C)OC(CO)C1)C(=O)O. The molecule has 7 heteroatoms. The first-order valence-electron chi connectivity index (χ1n) is 6.88. The fourth-order valence-corrected chi connectivity index (χ4v) is 2.25. The number of carbonyl (C=O) groups excluding carboxylic acids is 1. The summed E-state index contributed by atoms with van der Waals surface area (Å²) in [5.41, 5.74) is 0. The summed E-state index contributed by atoms with van der Waals surface area (Å²) in [7, 11) is 0. The van der Waals surface area contributed by atoms with Gasteiger partial charge in [0.25, 0.3) is 0 Å². The number of nitrogens with one attached hydrogen (secondary N) is 1. The molecule has 1 aliphatic heterocycles. The van der Waals surface area contributed by atoms with Crippen molar-refractivity contribution < 1.29 is 24.5 Å². The highest BCUT2D eigenvalue weighted by molar-refractivity contribution is 5.82. The number of rotatable bonds is 5. The molecule has 1 saturated heterocycles. The molecule has 2 unspecified atom stereocenters. The first-order valence-corrected chi connectivity index (χ1v) is 6.88. The van der Waals surface area contributed by atoms with Crippen LogP contribution in [-0.2, 0) is 9.53 Å². The molecular weight excluding hydrogens is 264 g/mol. The van der Waals surface area contributed by atoms with Gasteiger partial charge in [-0.05, 0) is 19.3 Å². The van der Waals surface area contributed by atoms with Crippen molar-refractivity contribution in [3.63, 3.8) is 0 Å². The van der Waals surface area contributed by atoms with Crippen LogP contribution in [0.15, 0.2) is 0 Å². The number of hydrogen-bond acceptors (Lipinski definition) is 4. The zero-order valence-electron chi connectivity index (χ0n) is 12.2. The predicted octanol–water partition coefficient (Wildman–Crippen LogP) is 0.277. The summed E-state index contributed by atoms with van der Waals surface area (Å²) in [6.07, 6.45) is -0.220. The first-order chi connectivity index (χ1) is 9.33. The number of aliphatic hydroxyl groups excluding tert-OH is 1. The number of amides is 2. The minimum Gasteiger partial charge on any atom is -0.480 e. The van der Waals surface area contributed by atoms with Crippen LogP contribution in [0.1, 0.15) is 27.2 Å². The number of hydrogen-bond donors (Lipinski definition) is 3. The van der Waals surface area contributed by atoms with E-state index in [0.717, 1.165) is 0 Å². The lowest BCUT2D eigenvalue weighted by molar-refractivity contribution is -0.139. The minimum atomic E-state index is -1.04. The maximum absolute atomic E-state index is 12.1. The van der Waals surface area contributed by atoms with Crippen molar-refractivity contribution in [3.05, 3.63) is 0 Å². The Bertz CT molecular complexity index is 348. The number of nitrogens with zero attached hydrogens (tertiary/aromatic N) is 1. The van der Waals surface area contributed by atoms with Crippen molar-refractivity contribution in [1.82, 2.24) is 10.2 Å². The Kier molecular flexibility index (Phi) is 6.22. The van der Waals surface area contributed by atoms with E-state index in [2.05, 4.69) is 5.32 Å². The van der Waals surface area contributed by atoms with Crippen LogP contribution in [0.2, 0.25) is 0 Å². The number of morpholine rings is 1. The first kappa shape index (κ1) is 16.7. The van der Waals surface area contributed by atoms with Crippen molar-refractivity contribution >= 4 is 12.0 Å². The summed E-state index contributed by atoms with van der Waals surface area (Å²) in [4.78, 5) is 24.7. The minimum absolute atomic E-state index is 0.164. The Hall–Kier alpha value is -1.34. The van der Waals surface area contributed by atoms with Crippen LogP contribution in [0.25, 0.3) is 0 Å². The molecule has 20 heavy (non-hydrogen) atoms. The van der Waals surface area contributed by atoms with Crippen LogP contribution in [0.3, 0.4) is 0 Å². The maximum Gasteiger partial charge on any atom is 0.326 e. The summed E-state index contributed by atoms with van der Waals surface area (Å²) in [5, 5.41) is 20.8. The lowest BCUT2D eigenvalue weighted by atomic mass is 10.0. The molecule has 2 amide bonds. The number of aliphatic hydroxyl groups is 1. The topological polar surface area (TPSA) is 99.1 Å². The quantitative estimate of drug-likeness (QED) is 0.674. The van der Waals surface area contributed by atoms with Gasteiger partial charge in [0.05, 0.1) is 25.4 Å². The number of urea groups is 1. The monoisotopic (exact) mass is 288 g/mol. The second-order valence-electron chi connectivity index (χ2n) is 5.63. The average Bonchev–Trinajstić information content (AvgIpc) is 2.36. The Morgan fingerprint density at radius 2 is 2.05 bits per heavy atom. The van der Waals surface area contributed by atoms with Crippen LogP contribution in [0.4, 0.5) is 4.79 Å². The van der Waals surface area contributed by atoms with Gasteiger partial charge in [-0.1, -0.05) is 13.8 Å². The molecule has 0 aromatic heterocycles. The predicted molar refractivity (Wildman–Crippen MR) is 72.4 cm³/mol. The number of aliphatic carboxylic acids is 1. The van der Waals surface area contributed by atoms with Gasteiger partial charge < -0.3 is 25.2 Å². The third-order valence-electron chi connectivity index (χ3n) is 3.12. The average molecular weight is 288 g/mol.